The second kappa shape index (κ2) is 5.60. The SMILES string of the molecule is CCSc1nnc(-c2ccncc2)n1CC(F)(F)F. The van der Waals surface area contributed by atoms with Crippen molar-refractivity contribution in [3.05, 3.63) is 24.5 Å². The minimum Gasteiger partial charge on any atom is -0.293 e. The van der Waals surface area contributed by atoms with Gasteiger partial charge in [0, 0.05) is 18.0 Å². The van der Waals surface area contributed by atoms with Crippen molar-refractivity contribution in [1.29, 1.82) is 0 Å². The van der Waals surface area contributed by atoms with Gasteiger partial charge in [-0.2, -0.15) is 13.2 Å². The minimum absolute atomic E-state index is 0.204. The van der Waals surface area contributed by atoms with Crippen molar-refractivity contribution < 1.29 is 13.2 Å². The Morgan fingerprint density at radius 1 is 1.21 bits per heavy atom. The Morgan fingerprint density at radius 2 is 1.89 bits per heavy atom. The molecule has 0 fully saturated rings. The third kappa shape index (κ3) is 3.46. The largest absolute Gasteiger partial charge is 0.406 e. The van der Waals surface area contributed by atoms with E-state index in [1.54, 1.807) is 12.1 Å². The maximum atomic E-state index is 12.6. The molecule has 0 saturated heterocycles. The molecule has 8 heteroatoms. The lowest BCUT2D eigenvalue weighted by molar-refractivity contribution is -0.141. The Hall–Kier alpha value is -1.57. The fourth-order valence-electron chi connectivity index (χ4n) is 1.56. The molecule has 0 unspecified atom stereocenters. The van der Waals surface area contributed by atoms with E-state index in [4.69, 9.17) is 0 Å². The summed E-state index contributed by atoms with van der Waals surface area (Å²) in [4.78, 5) is 3.83. The predicted octanol–water partition coefficient (Wildman–Crippen LogP) is 3.01. The fraction of sp³-hybridized carbons (Fsp3) is 0.364. The highest BCUT2D eigenvalue weighted by atomic mass is 32.2. The van der Waals surface area contributed by atoms with E-state index in [2.05, 4.69) is 15.2 Å². The first-order chi connectivity index (χ1) is 9.01. The van der Waals surface area contributed by atoms with Crippen LogP contribution in [0.3, 0.4) is 0 Å². The first-order valence-corrected chi connectivity index (χ1v) is 6.53. The van der Waals surface area contributed by atoms with Gasteiger partial charge >= 0.3 is 6.18 Å². The zero-order valence-corrected chi connectivity index (χ0v) is 10.9. The number of hydrogen-bond donors (Lipinski definition) is 0. The van der Waals surface area contributed by atoms with E-state index in [9.17, 15) is 13.2 Å². The van der Waals surface area contributed by atoms with Crippen LogP contribution in [0.2, 0.25) is 0 Å². The summed E-state index contributed by atoms with van der Waals surface area (Å²) in [6, 6.07) is 3.22. The van der Waals surface area contributed by atoms with Crippen molar-refractivity contribution in [2.45, 2.75) is 24.8 Å². The molecule has 0 aliphatic carbocycles. The van der Waals surface area contributed by atoms with Crippen molar-refractivity contribution >= 4 is 11.8 Å². The number of hydrogen-bond acceptors (Lipinski definition) is 4. The standard InChI is InChI=1S/C11H11F3N4S/c1-2-19-10-17-16-9(8-3-5-15-6-4-8)18(10)7-11(12,13)14/h3-6H,2,7H2,1H3. The van der Waals surface area contributed by atoms with Crippen molar-refractivity contribution in [1.82, 2.24) is 19.7 Å². The van der Waals surface area contributed by atoms with Gasteiger partial charge in [0.2, 0.25) is 0 Å². The maximum absolute atomic E-state index is 12.6. The zero-order chi connectivity index (χ0) is 13.9. The highest BCUT2D eigenvalue weighted by Gasteiger charge is 2.31. The molecule has 2 heterocycles. The normalized spacial score (nSPS) is 11.8. The molecule has 0 spiro atoms. The predicted molar refractivity (Wildman–Crippen MR) is 65.7 cm³/mol. The van der Waals surface area contributed by atoms with E-state index in [0.29, 0.717) is 11.3 Å². The van der Waals surface area contributed by atoms with Gasteiger partial charge in [-0.05, 0) is 17.9 Å². The molecule has 0 atom stereocenters. The van der Waals surface area contributed by atoms with Crippen LogP contribution in [0.5, 0.6) is 0 Å². The number of halogens is 3. The van der Waals surface area contributed by atoms with E-state index in [1.807, 2.05) is 6.92 Å². The van der Waals surface area contributed by atoms with Gasteiger partial charge in [0.1, 0.15) is 6.54 Å². The molecule has 0 saturated carbocycles. The first-order valence-electron chi connectivity index (χ1n) is 5.54. The van der Waals surface area contributed by atoms with Crippen LogP contribution < -0.4 is 0 Å². The van der Waals surface area contributed by atoms with Crippen LogP contribution in [0.15, 0.2) is 29.7 Å². The lowest BCUT2D eigenvalue weighted by Gasteiger charge is -2.12. The molecule has 4 nitrogen and oxygen atoms in total. The Kier molecular flexibility index (Phi) is 4.08. The van der Waals surface area contributed by atoms with Gasteiger partial charge < -0.3 is 0 Å². The van der Waals surface area contributed by atoms with Crippen LogP contribution in [0.4, 0.5) is 13.2 Å². The molecule has 2 aromatic heterocycles. The van der Waals surface area contributed by atoms with Gasteiger partial charge in [-0.1, -0.05) is 18.7 Å². The van der Waals surface area contributed by atoms with Crippen LogP contribution in [-0.2, 0) is 6.54 Å². The number of thioether (sulfide) groups is 1. The Labute approximate surface area is 112 Å². The Morgan fingerprint density at radius 3 is 2.47 bits per heavy atom. The minimum atomic E-state index is -4.31. The van der Waals surface area contributed by atoms with Crippen LogP contribution >= 0.6 is 11.8 Å². The van der Waals surface area contributed by atoms with Gasteiger partial charge in [-0.3, -0.25) is 9.55 Å². The molecule has 102 valence electrons. The summed E-state index contributed by atoms with van der Waals surface area (Å²) >= 11 is 1.23. The quantitative estimate of drug-likeness (QED) is 0.811. The second-order valence-electron chi connectivity index (χ2n) is 3.68. The number of pyridine rings is 1. The van der Waals surface area contributed by atoms with E-state index in [0.717, 1.165) is 4.57 Å². The second-order valence-corrected chi connectivity index (χ2v) is 4.91. The molecule has 0 N–H and O–H groups in total. The molecule has 0 radical (unpaired) electrons. The van der Waals surface area contributed by atoms with Gasteiger partial charge in [0.15, 0.2) is 11.0 Å². The van der Waals surface area contributed by atoms with Gasteiger partial charge in [-0.25, -0.2) is 0 Å². The summed E-state index contributed by atoms with van der Waals surface area (Å²) in [5, 5.41) is 7.95. The van der Waals surface area contributed by atoms with Gasteiger partial charge in [0.05, 0.1) is 0 Å². The average molecular weight is 288 g/mol. The van der Waals surface area contributed by atoms with Crippen molar-refractivity contribution in [2.24, 2.45) is 0 Å². The first kappa shape index (κ1) is 13.9. The third-order valence-corrected chi connectivity index (χ3v) is 3.12. The molecule has 0 aromatic carbocycles. The zero-order valence-electron chi connectivity index (χ0n) is 10.1. The number of rotatable bonds is 4. The van der Waals surface area contributed by atoms with Crippen LogP contribution in [-0.4, -0.2) is 31.7 Å². The molecule has 0 aliphatic rings. The molecule has 0 bridgehead atoms. The average Bonchev–Trinajstić information content (AvgIpc) is 2.72. The smallest absolute Gasteiger partial charge is 0.293 e. The molecule has 19 heavy (non-hydrogen) atoms. The van der Waals surface area contributed by atoms with E-state index in [1.165, 1.54) is 24.2 Å². The van der Waals surface area contributed by atoms with Crippen molar-refractivity contribution in [3.8, 4) is 11.4 Å². The monoisotopic (exact) mass is 288 g/mol. The highest BCUT2D eigenvalue weighted by molar-refractivity contribution is 7.99. The summed E-state index contributed by atoms with van der Waals surface area (Å²) in [7, 11) is 0. The summed E-state index contributed by atoms with van der Waals surface area (Å²) in [6.07, 6.45) is -1.30. The van der Waals surface area contributed by atoms with Gasteiger partial charge in [-0.15, -0.1) is 10.2 Å². The van der Waals surface area contributed by atoms with Crippen LogP contribution in [0.25, 0.3) is 11.4 Å². The number of nitrogens with zero attached hydrogens (tertiary/aromatic N) is 4. The molecule has 2 rings (SSSR count). The van der Waals surface area contributed by atoms with E-state index >= 15 is 0 Å². The van der Waals surface area contributed by atoms with Crippen LogP contribution in [0, 0.1) is 0 Å². The molecule has 0 amide bonds. The Balaban J connectivity index is 2.44. The number of aromatic nitrogens is 4. The molecule has 2 aromatic rings. The third-order valence-electron chi connectivity index (χ3n) is 2.27. The summed E-state index contributed by atoms with van der Waals surface area (Å²) in [5.41, 5.74) is 0.565. The number of alkyl halides is 3. The van der Waals surface area contributed by atoms with Gasteiger partial charge in [0.25, 0.3) is 0 Å². The lowest BCUT2D eigenvalue weighted by atomic mass is 10.2. The summed E-state index contributed by atoms with van der Waals surface area (Å²) in [5.74, 6) is 0.836. The maximum Gasteiger partial charge on any atom is 0.406 e. The van der Waals surface area contributed by atoms with Crippen LogP contribution in [0.1, 0.15) is 6.92 Å². The summed E-state index contributed by atoms with van der Waals surface area (Å²) < 4.78 is 39.0. The molecule has 0 aliphatic heterocycles. The molecular formula is C11H11F3N4S. The fourth-order valence-corrected chi connectivity index (χ4v) is 2.22. The molecular weight excluding hydrogens is 277 g/mol. The van der Waals surface area contributed by atoms with Crippen molar-refractivity contribution in [2.75, 3.05) is 5.75 Å². The summed E-state index contributed by atoms with van der Waals surface area (Å²) in [6.45, 7) is 0.753. The van der Waals surface area contributed by atoms with E-state index in [-0.39, 0.29) is 11.0 Å². The van der Waals surface area contributed by atoms with Crippen molar-refractivity contribution in [3.63, 3.8) is 0 Å². The lowest BCUT2D eigenvalue weighted by Crippen LogP contribution is -2.19. The van der Waals surface area contributed by atoms with E-state index < -0.39 is 12.7 Å². The highest BCUT2D eigenvalue weighted by Crippen LogP contribution is 2.27. The Bertz CT molecular complexity index is 539. The topological polar surface area (TPSA) is 43.6 Å².